The van der Waals surface area contributed by atoms with Gasteiger partial charge in [0.1, 0.15) is 18.1 Å². The van der Waals surface area contributed by atoms with Crippen LogP contribution in [0.1, 0.15) is 44.1 Å². The van der Waals surface area contributed by atoms with Gasteiger partial charge in [0.25, 0.3) is 0 Å². The Bertz CT molecular complexity index is 1230. The molecule has 38 heavy (non-hydrogen) atoms. The van der Waals surface area contributed by atoms with Gasteiger partial charge in [0.05, 0.1) is 6.04 Å². The number of carboxylic acid groups (broad SMARTS) is 2. The van der Waals surface area contributed by atoms with Gasteiger partial charge in [0.15, 0.2) is 0 Å². The normalized spacial score (nSPS) is 20.9. The van der Waals surface area contributed by atoms with Crippen molar-refractivity contribution in [3.63, 3.8) is 0 Å². The molecule has 0 aliphatic carbocycles. The second-order valence-corrected chi connectivity index (χ2v) is 9.88. The van der Waals surface area contributed by atoms with Crippen molar-refractivity contribution >= 4 is 40.6 Å². The molecule has 2 aromatic rings. The maximum atomic E-state index is 13.6. The third kappa shape index (κ3) is 5.80. The smallest absolute Gasteiger partial charge is 0.326 e. The number of amides is 3. The van der Waals surface area contributed by atoms with Crippen molar-refractivity contribution in [2.24, 2.45) is 5.73 Å². The lowest BCUT2D eigenvalue weighted by molar-refractivity contribution is -0.149. The standard InChI is InChI=1S/C26H33N5O7/c27-17(9-10-22(32)33)24(35)30-11-3-7-20(30)23(34)29-19(25(36)31-12-4-8-21(31)26(37)38)13-15-14-28-18-6-2-1-5-16(15)18/h1-2,5-6,14,17,19-21,28H,3-4,7-13,27H2,(H,29,34)(H,32,33)(H,37,38). The number of rotatable bonds is 10. The van der Waals surface area contributed by atoms with Crippen LogP contribution in [0.4, 0.5) is 0 Å². The number of carboxylic acids is 2. The summed E-state index contributed by atoms with van der Waals surface area (Å²) in [6.07, 6.45) is 3.41. The van der Waals surface area contributed by atoms with Crippen molar-refractivity contribution in [2.45, 2.75) is 69.1 Å². The van der Waals surface area contributed by atoms with E-state index in [1.807, 2.05) is 24.3 Å². The maximum absolute atomic E-state index is 13.6. The van der Waals surface area contributed by atoms with E-state index in [4.69, 9.17) is 10.8 Å². The van der Waals surface area contributed by atoms with Crippen LogP contribution in [0.25, 0.3) is 10.9 Å². The van der Waals surface area contributed by atoms with Gasteiger partial charge in [0.2, 0.25) is 17.7 Å². The number of fused-ring (bicyclic) bond motifs is 1. The number of likely N-dealkylation sites (tertiary alicyclic amines) is 2. The first kappa shape index (κ1) is 27.1. The Morgan fingerprint density at radius 2 is 1.66 bits per heavy atom. The van der Waals surface area contributed by atoms with Gasteiger partial charge in [-0.25, -0.2) is 4.79 Å². The number of H-pyrrole nitrogens is 1. The van der Waals surface area contributed by atoms with Crippen LogP contribution in [0.2, 0.25) is 0 Å². The summed E-state index contributed by atoms with van der Waals surface area (Å²) in [4.78, 5) is 68.4. The largest absolute Gasteiger partial charge is 0.481 e. The lowest BCUT2D eigenvalue weighted by Crippen LogP contribution is -2.57. The molecule has 0 saturated carbocycles. The number of aromatic amines is 1. The van der Waals surface area contributed by atoms with Crippen molar-refractivity contribution in [3.8, 4) is 0 Å². The first-order chi connectivity index (χ1) is 18.2. The molecule has 0 radical (unpaired) electrons. The van der Waals surface area contributed by atoms with E-state index in [2.05, 4.69) is 10.3 Å². The lowest BCUT2D eigenvalue weighted by Gasteiger charge is -2.30. The summed E-state index contributed by atoms with van der Waals surface area (Å²) in [7, 11) is 0. The van der Waals surface area contributed by atoms with Crippen LogP contribution < -0.4 is 11.1 Å². The molecule has 4 atom stereocenters. The molecule has 204 valence electrons. The van der Waals surface area contributed by atoms with Crippen LogP contribution in [0.5, 0.6) is 0 Å². The van der Waals surface area contributed by atoms with E-state index in [0.29, 0.717) is 32.2 Å². The second-order valence-electron chi connectivity index (χ2n) is 9.88. The Kier molecular flexibility index (Phi) is 8.30. The molecule has 3 amide bonds. The zero-order valence-electron chi connectivity index (χ0n) is 21.0. The number of hydrogen-bond donors (Lipinski definition) is 5. The molecule has 2 fully saturated rings. The van der Waals surface area contributed by atoms with E-state index in [0.717, 1.165) is 16.5 Å². The minimum absolute atomic E-state index is 0.0494. The topological polar surface area (TPSA) is 186 Å². The summed E-state index contributed by atoms with van der Waals surface area (Å²) < 4.78 is 0. The number of carbonyl (C=O) groups excluding carboxylic acids is 3. The minimum atomic E-state index is -1.09. The molecular weight excluding hydrogens is 494 g/mol. The Hall–Kier alpha value is -3.93. The fourth-order valence-corrected chi connectivity index (χ4v) is 5.39. The zero-order valence-corrected chi connectivity index (χ0v) is 21.0. The predicted molar refractivity (Wildman–Crippen MR) is 136 cm³/mol. The SMILES string of the molecule is NC(CCC(=O)O)C(=O)N1CCCC1C(=O)NC(Cc1c[nH]c2ccccc12)C(=O)N1CCCC1C(=O)O. The van der Waals surface area contributed by atoms with E-state index in [1.54, 1.807) is 6.20 Å². The van der Waals surface area contributed by atoms with Crippen LogP contribution in [0.15, 0.2) is 30.5 Å². The molecule has 12 nitrogen and oxygen atoms in total. The number of nitrogens with one attached hydrogen (secondary N) is 2. The van der Waals surface area contributed by atoms with E-state index in [9.17, 15) is 29.1 Å². The van der Waals surface area contributed by atoms with Crippen LogP contribution in [0.3, 0.4) is 0 Å². The first-order valence-corrected chi connectivity index (χ1v) is 12.8. The summed E-state index contributed by atoms with van der Waals surface area (Å²) >= 11 is 0. The van der Waals surface area contributed by atoms with Crippen LogP contribution >= 0.6 is 0 Å². The summed E-state index contributed by atoms with van der Waals surface area (Å²) in [5, 5.41) is 22.2. The van der Waals surface area contributed by atoms with E-state index >= 15 is 0 Å². The van der Waals surface area contributed by atoms with E-state index in [-0.39, 0.29) is 25.8 Å². The molecule has 4 unspecified atom stereocenters. The van der Waals surface area contributed by atoms with Gasteiger partial charge in [-0.1, -0.05) is 18.2 Å². The Morgan fingerprint density at radius 1 is 1.00 bits per heavy atom. The average molecular weight is 528 g/mol. The number of nitrogens with two attached hydrogens (primary N) is 1. The van der Waals surface area contributed by atoms with E-state index in [1.165, 1.54) is 9.80 Å². The number of para-hydroxylation sites is 1. The maximum Gasteiger partial charge on any atom is 0.326 e. The molecule has 2 aliphatic rings. The molecule has 0 spiro atoms. The molecular formula is C26H33N5O7. The van der Waals surface area contributed by atoms with Gasteiger partial charge in [-0.15, -0.1) is 0 Å². The van der Waals surface area contributed by atoms with Gasteiger partial charge in [-0.3, -0.25) is 19.2 Å². The first-order valence-electron chi connectivity index (χ1n) is 12.8. The number of hydrogen-bond acceptors (Lipinski definition) is 6. The highest BCUT2D eigenvalue weighted by atomic mass is 16.4. The highest BCUT2D eigenvalue weighted by Crippen LogP contribution is 2.24. The van der Waals surface area contributed by atoms with Gasteiger partial charge in [-0.2, -0.15) is 0 Å². The summed E-state index contributed by atoms with van der Waals surface area (Å²) in [5.41, 5.74) is 7.58. The van der Waals surface area contributed by atoms with Crippen LogP contribution in [0, 0.1) is 0 Å². The van der Waals surface area contributed by atoms with Crippen LogP contribution in [-0.4, -0.2) is 91.9 Å². The number of benzene rings is 1. The van der Waals surface area contributed by atoms with Gasteiger partial charge in [-0.05, 0) is 43.7 Å². The van der Waals surface area contributed by atoms with Crippen molar-refractivity contribution in [3.05, 3.63) is 36.0 Å². The fraction of sp³-hybridized carbons (Fsp3) is 0.500. The third-order valence-electron chi connectivity index (χ3n) is 7.36. The highest BCUT2D eigenvalue weighted by molar-refractivity contribution is 5.95. The highest BCUT2D eigenvalue weighted by Gasteiger charge is 2.41. The number of aliphatic carboxylic acids is 2. The zero-order chi connectivity index (χ0) is 27.4. The molecule has 0 bridgehead atoms. The predicted octanol–water partition coefficient (Wildman–Crippen LogP) is 0.454. The van der Waals surface area contributed by atoms with Crippen molar-refractivity contribution < 1.29 is 34.2 Å². The Balaban J connectivity index is 1.54. The summed E-state index contributed by atoms with van der Waals surface area (Å²) in [5.74, 6) is -3.66. The minimum Gasteiger partial charge on any atom is -0.481 e. The fourth-order valence-electron chi connectivity index (χ4n) is 5.39. The molecule has 1 aromatic carbocycles. The van der Waals surface area contributed by atoms with Gasteiger partial charge < -0.3 is 36.0 Å². The molecule has 2 aliphatic heterocycles. The molecule has 3 heterocycles. The third-order valence-corrected chi connectivity index (χ3v) is 7.36. The second kappa shape index (κ2) is 11.6. The van der Waals surface area contributed by atoms with Crippen molar-refractivity contribution in [1.29, 1.82) is 0 Å². The monoisotopic (exact) mass is 527 g/mol. The Morgan fingerprint density at radius 3 is 2.34 bits per heavy atom. The number of aromatic nitrogens is 1. The summed E-state index contributed by atoms with van der Waals surface area (Å²) in [6, 6.07) is 3.63. The summed E-state index contributed by atoms with van der Waals surface area (Å²) in [6.45, 7) is 0.578. The number of carbonyl (C=O) groups is 5. The lowest BCUT2D eigenvalue weighted by atomic mass is 10.0. The average Bonchev–Trinajstić information content (AvgIpc) is 3.65. The molecule has 4 rings (SSSR count). The molecule has 2 saturated heterocycles. The van der Waals surface area contributed by atoms with E-state index < -0.39 is 53.8 Å². The van der Waals surface area contributed by atoms with Gasteiger partial charge >= 0.3 is 11.9 Å². The molecule has 1 aromatic heterocycles. The van der Waals surface area contributed by atoms with Crippen molar-refractivity contribution in [1.82, 2.24) is 20.1 Å². The Labute approximate surface area is 219 Å². The molecule has 6 N–H and O–H groups in total. The molecule has 12 heteroatoms. The van der Waals surface area contributed by atoms with Gasteiger partial charge in [0, 0.05) is 43.0 Å². The van der Waals surface area contributed by atoms with Crippen molar-refractivity contribution in [2.75, 3.05) is 13.1 Å². The number of nitrogens with zero attached hydrogens (tertiary/aromatic N) is 2. The van der Waals surface area contributed by atoms with Crippen LogP contribution in [-0.2, 0) is 30.4 Å². The quantitative estimate of drug-likeness (QED) is 0.295.